The van der Waals surface area contributed by atoms with E-state index in [1.54, 1.807) is 19.1 Å². The summed E-state index contributed by atoms with van der Waals surface area (Å²) in [5, 5.41) is 16.6. The van der Waals surface area contributed by atoms with Gasteiger partial charge < -0.3 is 10.6 Å². The summed E-state index contributed by atoms with van der Waals surface area (Å²) in [6.07, 6.45) is 0. The van der Waals surface area contributed by atoms with E-state index in [1.807, 2.05) is 0 Å². The molecule has 0 aliphatic carbocycles. The second-order valence-corrected chi connectivity index (χ2v) is 7.72. The number of carbonyl (C=O) groups is 1. The summed E-state index contributed by atoms with van der Waals surface area (Å²) < 4.78 is 38.6. The van der Waals surface area contributed by atoms with Gasteiger partial charge in [0.1, 0.15) is 11.5 Å². The number of anilines is 1. The van der Waals surface area contributed by atoms with Crippen molar-refractivity contribution < 1.29 is 22.5 Å². The first-order chi connectivity index (χ1) is 13.1. The molecule has 9 nitrogen and oxygen atoms in total. The number of rotatable bonds is 8. The summed E-state index contributed by atoms with van der Waals surface area (Å²) in [6.45, 7) is 1.44. The van der Waals surface area contributed by atoms with Gasteiger partial charge in [0.15, 0.2) is 0 Å². The highest BCUT2D eigenvalue weighted by Gasteiger charge is 2.21. The predicted molar refractivity (Wildman–Crippen MR) is 101 cm³/mol. The van der Waals surface area contributed by atoms with E-state index in [0.29, 0.717) is 5.56 Å². The Bertz CT molecular complexity index is 980. The van der Waals surface area contributed by atoms with Gasteiger partial charge in [-0.15, -0.1) is 0 Å². The molecule has 0 heterocycles. The summed E-state index contributed by atoms with van der Waals surface area (Å²) in [7, 11) is -2.65. The highest BCUT2D eigenvalue weighted by atomic mass is 32.2. The van der Waals surface area contributed by atoms with Gasteiger partial charge in [-0.25, -0.2) is 17.5 Å². The SMILES string of the molecule is CNS(=O)(=O)c1ccc(NCC(=O)N[C@H](C)c2ccc(F)cc2)c([N+](=O)[O-])c1. The Labute approximate surface area is 161 Å². The Kier molecular flexibility index (Phi) is 6.65. The van der Waals surface area contributed by atoms with Gasteiger partial charge in [-0.1, -0.05) is 12.1 Å². The van der Waals surface area contributed by atoms with Gasteiger partial charge in [0.2, 0.25) is 15.9 Å². The Morgan fingerprint density at radius 2 is 1.86 bits per heavy atom. The lowest BCUT2D eigenvalue weighted by molar-refractivity contribution is -0.384. The molecule has 0 saturated heterocycles. The fourth-order valence-electron chi connectivity index (χ4n) is 2.40. The minimum atomic E-state index is -3.84. The number of nitrogens with one attached hydrogen (secondary N) is 3. The van der Waals surface area contributed by atoms with Gasteiger partial charge in [0, 0.05) is 6.07 Å². The Morgan fingerprint density at radius 3 is 2.43 bits per heavy atom. The van der Waals surface area contributed by atoms with Crippen molar-refractivity contribution in [3.63, 3.8) is 0 Å². The maximum absolute atomic E-state index is 13.0. The maximum atomic E-state index is 13.0. The van der Waals surface area contributed by atoms with Crippen LogP contribution in [0.25, 0.3) is 0 Å². The van der Waals surface area contributed by atoms with E-state index < -0.39 is 32.6 Å². The molecule has 11 heteroatoms. The molecule has 2 rings (SSSR count). The van der Waals surface area contributed by atoms with E-state index in [4.69, 9.17) is 0 Å². The Hall–Kier alpha value is -3.05. The zero-order valence-electron chi connectivity index (χ0n) is 15.1. The molecule has 0 spiro atoms. The average molecular weight is 410 g/mol. The summed E-state index contributed by atoms with van der Waals surface area (Å²) in [5.41, 5.74) is 0.225. The molecule has 0 aromatic heterocycles. The fraction of sp³-hybridized carbons (Fsp3) is 0.235. The third kappa shape index (κ3) is 5.24. The standard InChI is InChI=1S/C17H19FN4O5S/c1-11(12-3-5-13(18)6-4-12)21-17(23)10-20-15-8-7-14(28(26,27)19-2)9-16(15)22(24)25/h3-9,11,19-20H,10H2,1-2H3,(H,21,23)/t11-/m1/s1. The van der Waals surface area contributed by atoms with Crippen molar-refractivity contribution in [3.8, 4) is 0 Å². The van der Waals surface area contributed by atoms with Crippen LogP contribution in [0.15, 0.2) is 47.4 Å². The van der Waals surface area contributed by atoms with Crippen LogP contribution in [-0.4, -0.2) is 32.8 Å². The smallest absolute Gasteiger partial charge is 0.293 e. The van der Waals surface area contributed by atoms with Crippen molar-refractivity contribution in [1.82, 2.24) is 10.0 Å². The van der Waals surface area contributed by atoms with Crippen molar-refractivity contribution in [1.29, 1.82) is 0 Å². The molecule has 0 fully saturated rings. The normalized spacial score (nSPS) is 12.2. The fourth-order valence-corrected chi connectivity index (χ4v) is 3.15. The first-order valence-electron chi connectivity index (χ1n) is 8.14. The monoisotopic (exact) mass is 410 g/mol. The predicted octanol–water partition coefficient (Wildman–Crippen LogP) is 1.93. The van der Waals surface area contributed by atoms with E-state index in [2.05, 4.69) is 15.4 Å². The lowest BCUT2D eigenvalue weighted by Gasteiger charge is -2.15. The van der Waals surface area contributed by atoms with Crippen molar-refractivity contribution >= 4 is 27.3 Å². The lowest BCUT2D eigenvalue weighted by Crippen LogP contribution is -2.32. The van der Waals surface area contributed by atoms with Crippen molar-refractivity contribution in [3.05, 3.63) is 64.0 Å². The highest BCUT2D eigenvalue weighted by molar-refractivity contribution is 7.89. The molecule has 2 aromatic rings. The van der Waals surface area contributed by atoms with Crippen LogP contribution in [0, 0.1) is 15.9 Å². The molecule has 28 heavy (non-hydrogen) atoms. The molecule has 1 atom stereocenters. The molecule has 150 valence electrons. The maximum Gasteiger partial charge on any atom is 0.293 e. The van der Waals surface area contributed by atoms with E-state index in [1.165, 1.54) is 31.3 Å². The van der Waals surface area contributed by atoms with Crippen molar-refractivity contribution in [2.24, 2.45) is 0 Å². The Morgan fingerprint density at radius 1 is 1.21 bits per heavy atom. The van der Waals surface area contributed by atoms with Crippen LogP contribution in [0.2, 0.25) is 0 Å². The second-order valence-electron chi connectivity index (χ2n) is 5.84. The number of nitro groups is 1. The zero-order valence-corrected chi connectivity index (χ0v) is 15.9. The molecule has 0 aliphatic heterocycles. The summed E-state index contributed by atoms with van der Waals surface area (Å²) in [4.78, 5) is 22.3. The van der Waals surface area contributed by atoms with E-state index >= 15 is 0 Å². The first kappa shape index (κ1) is 21.3. The second kappa shape index (κ2) is 8.76. The average Bonchev–Trinajstić information content (AvgIpc) is 2.66. The highest BCUT2D eigenvalue weighted by Crippen LogP contribution is 2.27. The first-order valence-corrected chi connectivity index (χ1v) is 9.63. The van der Waals surface area contributed by atoms with Crippen LogP contribution in [0.4, 0.5) is 15.8 Å². The molecule has 0 saturated carbocycles. The minimum Gasteiger partial charge on any atom is -0.371 e. The summed E-state index contributed by atoms with van der Waals surface area (Å²) in [5.74, 6) is -0.835. The van der Waals surface area contributed by atoms with E-state index in [0.717, 1.165) is 6.07 Å². The quantitative estimate of drug-likeness (QED) is 0.450. The van der Waals surface area contributed by atoms with Crippen LogP contribution >= 0.6 is 0 Å². The van der Waals surface area contributed by atoms with Gasteiger partial charge in [-0.05, 0) is 43.8 Å². The van der Waals surface area contributed by atoms with E-state index in [9.17, 15) is 27.7 Å². The number of nitro benzene ring substituents is 1. The summed E-state index contributed by atoms with van der Waals surface area (Å²) in [6, 6.07) is 8.57. The molecule has 2 aromatic carbocycles. The number of hydrogen-bond acceptors (Lipinski definition) is 6. The topological polar surface area (TPSA) is 130 Å². The van der Waals surface area contributed by atoms with Gasteiger partial charge >= 0.3 is 0 Å². The van der Waals surface area contributed by atoms with Crippen LogP contribution in [0.3, 0.4) is 0 Å². The van der Waals surface area contributed by atoms with E-state index in [-0.39, 0.29) is 22.9 Å². The molecule has 0 unspecified atom stereocenters. The van der Waals surface area contributed by atoms with Crippen LogP contribution in [-0.2, 0) is 14.8 Å². The number of halogens is 1. The number of carbonyl (C=O) groups excluding carboxylic acids is 1. The van der Waals surface area contributed by atoms with Crippen molar-refractivity contribution in [2.75, 3.05) is 18.9 Å². The molecule has 0 radical (unpaired) electrons. The molecular formula is C17H19FN4O5S. The molecule has 3 N–H and O–H groups in total. The van der Waals surface area contributed by atoms with Gasteiger partial charge in [-0.3, -0.25) is 14.9 Å². The van der Waals surface area contributed by atoms with Crippen molar-refractivity contribution in [2.45, 2.75) is 17.9 Å². The largest absolute Gasteiger partial charge is 0.371 e. The molecular weight excluding hydrogens is 391 g/mol. The zero-order chi connectivity index (χ0) is 20.9. The molecule has 1 amide bonds. The number of hydrogen-bond donors (Lipinski definition) is 3. The van der Waals surface area contributed by atoms with Crippen LogP contribution in [0.1, 0.15) is 18.5 Å². The van der Waals surface area contributed by atoms with Crippen LogP contribution < -0.4 is 15.4 Å². The number of benzene rings is 2. The summed E-state index contributed by atoms with van der Waals surface area (Å²) >= 11 is 0. The minimum absolute atomic E-state index is 0.00429. The lowest BCUT2D eigenvalue weighted by atomic mass is 10.1. The molecule has 0 aliphatic rings. The third-order valence-corrected chi connectivity index (χ3v) is 5.34. The number of nitrogens with zero attached hydrogens (tertiary/aromatic N) is 1. The number of sulfonamides is 1. The third-order valence-electron chi connectivity index (χ3n) is 3.93. The van der Waals surface area contributed by atoms with Gasteiger partial charge in [-0.2, -0.15) is 0 Å². The molecule has 0 bridgehead atoms. The van der Waals surface area contributed by atoms with Gasteiger partial charge in [0.25, 0.3) is 5.69 Å². The van der Waals surface area contributed by atoms with Crippen LogP contribution in [0.5, 0.6) is 0 Å². The van der Waals surface area contributed by atoms with Gasteiger partial charge in [0.05, 0.1) is 22.4 Å². The number of amides is 1. The Balaban J connectivity index is 2.07.